The van der Waals surface area contributed by atoms with Crippen LogP contribution in [0.1, 0.15) is 25.7 Å². The van der Waals surface area contributed by atoms with Crippen LogP contribution in [0.4, 0.5) is 5.69 Å². The molecule has 1 saturated heterocycles. The van der Waals surface area contributed by atoms with Crippen molar-refractivity contribution >= 4 is 17.5 Å². The van der Waals surface area contributed by atoms with Gasteiger partial charge in [-0.05, 0) is 25.0 Å². The highest BCUT2D eigenvalue weighted by Gasteiger charge is 2.15. The van der Waals surface area contributed by atoms with E-state index in [1.165, 1.54) is 12.8 Å². The molecule has 2 heterocycles. The molecule has 114 valence electrons. The Kier molecular flexibility index (Phi) is 6.15. The second-order valence-electron chi connectivity index (χ2n) is 5.08. The molecule has 1 fully saturated rings. The second-order valence-corrected chi connectivity index (χ2v) is 5.08. The Bertz CT molecular complexity index is 456. The molecule has 21 heavy (non-hydrogen) atoms. The molecule has 0 bridgehead atoms. The summed E-state index contributed by atoms with van der Waals surface area (Å²) in [7, 11) is 0. The first-order valence-corrected chi connectivity index (χ1v) is 7.31. The lowest BCUT2D eigenvalue weighted by molar-refractivity contribution is -0.137. The maximum absolute atomic E-state index is 11.9. The molecule has 2 rings (SSSR count). The third-order valence-corrected chi connectivity index (χ3v) is 3.36. The van der Waals surface area contributed by atoms with E-state index in [2.05, 4.69) is 10.3 Å². The molecular formula is C15H21N3O3. The normalized spacial score (nSPS) is 15.3. The van der Waals surface area contributed by atoms with Gasteiger partial charge in [0.1, 0.15) is 13.2 Å². The van der Waals surface area contributed by atoms with E-state index in [-0.39, 0.29) is 25.0 Å². The fourth-order valence-electron chi connectivity index (χ4n) is 2.28. The van der Waals surface area contributed by atoms with E-state index in [1.807, 2.05) is 4.90 Å². The molecule has 6 nitrogen and oxygen atoms in total. The van der Waals surface area contributed by atoms with Gasteiger partial charge in [-0.3, -0.25) is 14.6 Å². The Labute approximate surface area is 124 Å². The van der Waals surface area contributed by atoms with Crippen LogP contribution in [0.2, 0.25) is 0 Å². The highest BCUT2D eigenvalue weighted by molar-refractivity contribution is 5.91. The first-order chi connectivity index (χ1) is 10.3. The molecule has 0 aromatic carbocycles. The summed E-state index contributed by atoms with van der Waals surface area (Å²) in [6.07, 6.45) is 7.64. The third-order valence-electron chi connectivity index (χ3n) is 3.36. The predicted octanol–water partition coefficient (Wildman–Crippen LogP) is 1.44. The molecule has 1 aromatic rings. The predicted molar refractivity (Wildman–Crippen MR) is 78.7 cm³/mol. The van der Waals surface area contributed by atoms with E-state index in [0.717, 1.165) is 25.9 Å². The zero-order chi connectivity index (χ0) is 14.9. The van der Waals surface area contributed by atoms with Crippen LogP contribution in [0.5, 0.6) is 0 Å². The molecule has 6 heteroatoms. The van der Waals surface area contributed by atoms with E-state index in [4.69, 9.17) is 4.74 Å². The number of amides is 2. The van der Waals surface area contributed by atoms with Crippen molar-refractivity contribution in [3.63, 3.8) is 0 Å². The summed E-state index contributed by atoms with van der Waals surface area (Å²) in [4.78, 5) is 29.3. The van der Waals surface area contributed by atoms with Crippen LogP contribution in [0.25, 0.3) is 0 Å². The van der Waals surface area contributed by atoms with Gasteiger partial charge in [-0.25, -0.2) is 0 Å². The van der Waals surface area contributed by atoms with Crippen LogP contribution in [0.3, 0.4) is 0 Å². The summed E-state index contributed by atoms with van der Waals surface area (Å²) in [5.74, 6) is -0.322. The Morgan fingerprint density at radius 1 is 1.19 bits per heavy atom. The average Bonchev–Trinajstić information content (AvgIpc) is 2.77. The van der Waals surface area contributed by atoms with Gasteiger partial charge in [0.15, 0.2) is 0 Å². The first-order valence-electron chi connectivity index (χ1n) is 7.31. The summed E-state index contributed by atoms with van der Waals surface area (Å²) in [6, 6.07) is 3.48. The van der Waals surface area contributed by atoms with Gasteiger partial charge in [-0.1, -0.05) is 12.8 Å². The van der Waals surface area contributed by atoms with Crippen molar-refractivity contribution in [2.45, 2.75) is 25.7 Å². The highest BCUT2D eigenvalue weighted by Crippen LogP contribution is 2.09. The van der Waals surface area contributed by atoms with Gasteiger partial charge in [-0.2, -0.15) is 0 Å². The number of rotatable bonds is 5. The average molecular weight is 291 g/mol. The van der Waals surface area contributed by atoms with E-state index in [1.54, 1.807) is 24.5 Å². The Morgan fingerprint density at radius 3 is 2.62 bits per heavy atom. The van der Waals surface area contributed by atoms with E-state index >= 15 is 0 Å². The Hall–Kier alpha value is -1.95. The molecule has 0 unspecified atom stereocenters. The topological polar surface area (TPSA) is 71.5 Å². The molecule has 0 radical (unpaired) electrons. The minimum atomic E-state index is -0.285. The van der Waals surface area contributed by atoms with Crippen molar-refractivity contribution in [3.8, 4) is 0 Å². The number of nitrogens with one attached hydrogen (secondary N) is 1. The lowest BCUT2D eigenvalue weighted by atomic mass is 10.2. The van der Waals surface area contributed by atoms with Crippen LogP contribution in [-0.2, 0) is 14.3 Å². The molecule has 0 atom stereocenters. The SMILES string of the molecule is O=C(COCC(=O)N1CCCCCC1)Nc1cccnc1. The van der Waals surface area contributed by atoms with Crippen LogP contribution >= 0.6 is 0 Å². The third kappa shape index (κ3) is 5.51. The van der Waals surface area contributed by atoms with Gasteiger partial charge in [0.2, 0.25) is 11.8 Å². The van der Waals surface area contributed by atoms with Crippen LogP contribution < -0.4 is 5.32 Å². The van der Waals surface area contributed by atoms with Crippen LogP contribution in [0, 0.1) is 0 Å². The van der Waals surface area contributed by atoms with E-state index < -0.39 is 0 Å². The molecule has 1 N–H and O–H groups in total. The Morgan fingerprint density at radius 2 is 1.95 bits per heavy atom. The van der Waals surface area contributed by atoms with Crippen LogP contribution in [0.15, 0.2) is 24.5 Å². The van der Waals surface area contributed by atoms with Gasteiger partial charge >= 0.3 is 0 Å². The van der Waals surface area contributed by atoms with Crippen molar-refractivity contribution in [3.05, 3.63) is 24.5 Å². The second kappa shape index (κ2) is 8.36. The number of ether oxygens (including phenoxy) is 1. The van der Waals surface area contributed by atoms with E-state index in [9.17, 15) is 9.59 Å². The molecule has 1 aliphatic heterocycles. The standard InChI is InChI=1S/C15H21N3O3/c19-14(17-13-6-5-7-16-10-13)11-21-12-15(20)18-8-3-1-2-4-9-18/h5-7,10H,1-4,8-9,11-12H2,(H,17,19). The fraction of sp³-hybridized carbons (Fsp3) is 0.533. The van der Waals surface area contributed by atoms with Gasteiger partial charge in [0, 0.05) is 19.3 Å². The zero-order valence-electron chi connectivity index (χ0n) is 12.1. The lowest BCUT2D eigenvalue weighted by Crippen LogP contribution is -2.35. The zero-order valence-corrected chi connectivity index (χ0v) is 12.1. The van der Waals surface area contributed by atoms with Crippen molar-refractivity contribution in [1.29, 1.82) is 0 Å². The maximum Gasteiger partial charge on any atom is 0.250 e. The summed E-state index contributed by atoms with van der Waals surface area (Å²) >= 11 is 0. The van der Waals surface area contributed by atoms with Gasteiger partial charge < -0.3 is 15.0 Å². The van der Waals surface area contributed by atoms with Crippen molar-refractivity contribution in [2.24, 2.45) is 0 Å². The largest absolute Gasteiger partial charge is 0.362 e. The molecular weight excluding hydrogens is 270 g/mol. The number of nitrogens with zero attached hydrogens (tertiary/aromatic N) is 2. The summed E-state index contributed by atoms with van der Waals surface area (Å²) in [6.45, 7) is 1.42. The van der Waals surface area contributed by atoms with Crippen molar-refractivity contribution < 1.29 is 14.3 Å². The highest BCUT2D eigenvalue weighted by atomic mass is 16.5. The number of pyridine rings is 1. The van der Waals surface area contributed by atoms with Gasteiger partial charge in [0.25, 0.3) is 0 Å². The van der Waals surface area contributed by atoms with Crippen molar-refractivity contribution in [2.75, 3.05) is 31.6 Å². The smallest absolute Gasteiger partial charge is 0.250 e. The number of hydrogen-bond acceptors (Lipinski definition) is 4. The minimum Gasteiger partial charge on any atom is -0.362 e. The Balaban J connectivity index is 1.66. The van der Waals surface area contributed by atoms with E-state index in [0.29, 0.717) is 5.69 Å². The molecule has 1 aliphatic rings. The van der Waals surface area contributed by atoms with Gasteiger partial charge in [0.05, 0.1) is 11.9 Å². The lowest BCUT2D eigenvalue weighted by Gasteiger charge is -2.19. The number of carbonyl (C=O) groups is 2. The fourth-order valence-corrected chi connectivity index (χ4v) is 2.28. The minimum absolute atomic E-state index is 0.0360. The maximum atomic E-state index is 11.9. The monoisotopic (exact) mass is 291 g/mol. The molecule has 2 amide bonds. The summed E-state index contributed by atoms with van der Waals surface area (Å²) in [5, 5.41) is 2.65. The quantitative estimate of drug-likeness (QED) is 0.891. The summed E-state index contributed by atoms with van der Waals surface area (Å²) in [5.41, 5.74) is 0.616. The number of aromatic nitrogens is 1. The molecule has 0 spiro atoms. The number of carbonyl (C=O) groups excluding carboxylic acids is 2. The molecule has 1 aromatic heterocycles. The van der Waals surface area contributed by atoms with Crippen molar-refractivity contribution in [1.82, 2.24) is 9.88 Å². The number of hydrogen-bond donors (Lipinski definition) is 1. The van der Waals surface area contributed by atoms with Crippen LogP contribution in [-0.4, -0.2) is 48.0 Å². The molecule has 0 saturated carbocycles. The molecule has 0 aliphatic carbocycles. The van der Waals surface area contributed by atoms with Gasteiger partial charge in [-0.15, -0.1) is 0 Å². The summed E-state index contributed by atoms with van der Waals surface area (Å²) < 4.78 is 5.20. The number of likely N-dealkylation sites (tertiary alicyclic amines) is 1. The first kappa shape index (κ1) is 15.4. The number of anilines is 1.